The Labute approximate surface area is 35.0 Å². The Morgan fingerprint density at radius 3 is 0.500 bits per heavy atom. The molecule has 0 aliphatic carbocycles. The van der Waals surface area contributed by atoms with Crippen LogP contribution in [-0.4, -0.2) is 0 Å². The Hall–Kier alpha value is 0.439. The molecule has 0 heterocycles. The Balaban J connectivity index is 0. The van der Waals surface area contributed by atoms with Gasteiger partial charge in [-0.05, 0) is 0 Å². The summed E-state index contributed by atoms with van der Waals surface area (Å²) in [6.07, 6.45) is 0. The van der Waals surface area contributed by atoms with Gasteiger partial charge in [0.25, 0.3) is 0 Å². The average Bonchev–Trinajstić information content (AvgIpc) is 0. The summed E-state index contributed by atoms with van der Waals surface area (Å²) in [5, 5.41) is 0. The van der Waals surface area contributed by atoms with Crippen molar-refractivity contribution in [1.82, 2.24) is 0 Å². The third kappa shape index (κ3) is 26.2. The Bertz CT molecular complexity index is 3.25. The maximum absolute atomic E-state index is 0. The van der Waals surface area contributed by atoms with E-state index in [1.165, 1.54) is 0 Å². The molecule has 0 aliphatic rings. The Kier molecular flexibility index (Phi) is 7210. The summed E-state index contributed by atoms with van der Waals surface area (Å²) in [6.45, 7) is 0. The zero-order valence-electron chi connectivity index (χ0n) is 1.47. The fraction of sp³-hybridized carbons (Fsp3) is 0. The van der Waals surface area contributed by atoms with Gasteiger partial charge in [0.15, 0.2) is 0 Å². The van der Waals surface area contributed by atoms with Gasteiger partial charge in [-0.1, -0.05) is 0 Å². The van der Waals surface area contributed by atoms with E-state index in [2.05, 4.69) is 0 Å². The second-order valence-corrected chi connectivity index (χ2v) is 0. The summed E-state index contributed by atoms with van der Waals surface area (Å²) >= 11 is 0. The predicted octanol–water partition coefficient (Wildman–Crippen LogP) is -8.99. The molecule has 0 aromatic heterocycles. The molecule has 0 saturated heterocycles. The van der Waals surface area contributed by atoms with Crippen molar-refractivity contribution in [2.45, 2.75) is 0 Å². The van der Waals surface area contributed by atoms with E-state index in [0.29, 0.717) is 0 Å². The molecule has 0 amide bonds. The Morgan fingerprint density at radius 1 is 0.500 bits per heavy atom. The first-order valence-electron chi connectivity index (χ1n) is 0. The molecule has 0 fully saturated rings. The van der Waals surface area contributed by atoms with Crippen LogP contribution < -0.4 is 14.1 Å². The van der Waals surface area contributed by atoms with Crippen molar-refractivity contribution < 1.29 is 34.2 Å². The molecule has 4 heavy (non-hydrogen) atoms. The summed E-state index contributed by atoms with van der Waals surface area (Å²) in [7, 11) is 0. The van der Waals surface area contributed by atoms with Crippen molar-refractivity contribution >= 4 is 0 Å². The van der Waals surface area contributed by atoms with Gasteiger partial charge < -0.3 is 14.1 Å². The van der Waals surface area contributed by atoms with Gasteiger partial charge in [-0.15, -0.1) is 0 Å². The number of hydrogen-bond donors (Lipinski definition) is 0. The third-order valence-corrected chi connectivity index (χ3v) is 0. The molecule has 0 radical (unpaired) electrons. The van der Waals surface area contributed by atoms with Gasteiger partial charge in [-0.3, -0.25) is 0 Å². The number of hydrogen-bond acceptors (Lipinski definition) is 0. The van der Waals surface area contributed by atoms with Gasteiger partial charge in [0, 0.05) is 0 Å². The smallest absolute Gasteiger partial charge is 1.00 e. The van der Waals surface area contributed by atoms with Crippen molar-refractivity contribution in [1.29, 1.82) is 0 Å². The molecule has 0 aromatic rings. The van der Waals surface area contributed by atoms with Crippen LogP contribution in [-0.2, 0) is 20.1 Å². The summed E-state index contributed by atoms with van der Waals surface area (Å²) < 4.78 is 0. The first kappa shape index (κ1) is 272. The van der Waals surface area contributed by atoms with Gasteiger partial charge in [0.1, 0.15) is 0 Å². The topological polar surface area (TPSA) is 0 Å². The average molecular weight is 249 g/mol. The fourth-order valence-corrected chi connectivity index (χ4v) is 0. The largest absolute Gasteiger partial charge is 3.00 e. The molecule has 0 aromatic carbocycles. The van der Waals surface area contributed by atoms with Gasteiger partial charge >= 0.3 is 20.1 Å². The van der Waals surface area contributed by atoms with E-state index in [9.17, 15) is 0 Å². The standard InChI is InChI=1S/3FH.Ir/h3*1H;/q;;;+3/p-3. The van der Waals surface area contributed by atoms with Crippen molar-refractivity contribution in [3.05, 3.63) is 0 Å². The SMILES string of the molecule is [F-].[F-].[F-].[Ir+3]. The van der Waals surface area contributed by atoms with Crippen molar-refractivity contribution in [3.8, 4) is 0 Å². The monoisotopic (exact) mass is 250 g/mol. The zero-order chi connectivity index (χ0) is 0. The quantitative estimate of drug-likeness (QED) is 0.400. The maximum atomic E-state index is 0. The summed E-state index contributed by atoms with van der Waals surface area (Å²) in [5.74, 6) is 0. The molecule has 0 saturated carbocycles. The summed E-state index contributed by atoms with van der Waals surface area (Å²) in [4.78, 5) is 0. The van der Waals surface area contributed by atoms with Crippen LogP contribution in [0.5, 0.6) is 0 Å². The van der Waals surface area contributed by atoms with Gasteiger partial charge in [0.05, 0.1) is 0 Å². The van der Waals surface area contributed by atoms with E-state index in [1.54, 1.807) is 0 Å². The minimum atomic E-state index is 0. The van der Waals surface area contributed by atoms with Crippen LogP contribution in [0.2, 0.25) is 0 Å². The van der Waals surface area contributed by atoms with E-state index in [4.69, 9.17) is 0 Å². The minimum absolute atomic E-state index is 0. The molecule has 30 valence electrons. The van der Waals surface area contributed by atoms with Crippen molar-refractivity contribution in [2.75, 3.05) is 0 Å². The van der Waals surface area contributed by atoms with Gasteiger partial charge in [-0.2, -0.15) is 0 Å². The third-order valence-electron chi connectivity index (χ3n) is 0. The van der Waals surface area contributed by atoms with Crippen LogP contribution in [0.1, 0.15) is 0 Å². The zero-order valence-corrected chi connectivity index (χ0v) is 3.86. The molecule has 0 aliphatic heterocycles. The molecular formula is F3Ir. The first-order chi connectivity index (χ1) is 0. The van der Waals surface area contributed by atoms with Crippen LogP contribution in [0.3, 0.4) is 0 Å². The van der Waals surface area contributed by atoms with E-state index in [0.717, 1.165) is 0 Å². The predicted molar refractivity (Wildman–Crippen MR) is 0 cm³/mol. The van der Waals surface area contributed by atoms with Crippen LogP contribution in [0.25, 0.3) is 0 Å². The molecule has 0 unspecified atom stereocenters. The van der Waals surface area contributed by atoms with Gasteiger partial charge in [0.2, 0.25) is 0 Å². The molecule has 0 atom stereocenters. The molecule has 0 nitrogen and oxygen atoms in total. The summed E-state index contributed by atoms with van der Waals surface area (Å²) in [5.41, 5.74) is 0. The minimum Gasteiger partial charge on any atom is -1.00 e. The molecule has 0 bridgehead atoms. The normalized spacial score (nSPS) is 0. The van der Waals surface area contributed by atoms with Crippen LogP contribution in [0.15, 0.2) is 0 Å². The summed E-state index contributed by atoms with van der Waals surface area (Å²) in [6, 6.07) is 0. The van der Waals surface area contributed by atoms with E-state index in [-0.39, 0.29) is 34.2 Å². The molecule has 0 N–H and O–H groups in total. The molecule has 0 spiro atoms. The second-order valence-electron chi connectivity index (χ2n) is 0. The first-order valence-corrected chi connectivity index (χ1v) is 0. The van der Waals surface area contributed by atoms with Crippen LogP contribution in [0.4, 0.5) is 0 Å². The molecule has 4 heteroatoms. The number of halogens is 3. The van der Waals surface area contributed by atoms with Crippen LogP contribution in [0, 0.1) is 0 Å². The van der Waals surface area contributed by atoms with Gasteiger partial charge in [-0.25, -0.2) is 0 Å². The maximum Gasteiger partial charge on any atom is 3.00 e. The van der Waals surface area contributed by atoms with Crippen molar-refractivity contribution in [3.63, 3.8) is 0 Å². The van der Waals surface area contributed by atoms with Crippen molar-refractivity contribution in [2.24, 2.45) is 0 Å². The Morgan fingerprint density at radius 2 is 0.500 bits per heavy atom. The number of rotatable bonds is 0. The fourth-order valence-electron chi connectivity index (χ4n) is 0. The van der Waals surface area contributed by atoms with E-state index < -0.39 is 0 Å². The molecular weight excluding hydrogens is 249 g/mol. The second kappa shape index (κ2) is 106. The van der Waals surface area contributed by atoms with Crippen LogP contribution >= 0.6 is 0 Å². The van der Waals surface area contributed by atoms with E-state index >= 15 is 0 Å². The molecule has 0 rings (SSSR count). The van der Waals surface area contributed by atoms with E-state index in [1.807, 2.05) is 0 Å².